The number of amides is 1. The van der Waals surface area contributed by atoms with E-state index in [0.29, 0.717) is 12.3 Å². The van der Waals surface area contributed by atoms with Gasteiger partial charge in [-0.25, -0.2) is 0 Å². The third-order valence-corrected chi connectivity index (χ3v) is 2.80. The minimum atomic E-state index is -0.124. The third kappa shape index (κ3) is 2.99. The maximum atomic E-state index is 11.2. The minimum Gasteiger partial charge on any atom is -0.482 e. The number of hydrogen-bond acceptors (Lipinski definition) is 4. The molecule has 18 heavy (non-hydrogen) atoms. The summed E-state index contributed by atoms with van der Waals surface area (Å²) in [5.41, 5.74) is 1.84. The number of rotatable bonds is 4. The van der Waals surface area contributed by atoms with Gasteiger partial charge in [0.25, 0.3) is 5.91 Å². The van der Waals surface area contributed by atoms with Gasteiger partial charge < -0.3 is 10.1 Å². The molecule has 0 spiro atoms. The van der Waals surface area contributed by atoms with Crippen molar-refractivity contribution in [2.75, 3.05) is 32.1 Å². The zero-order valence-electron chi connectivity index (χ0n) is 10.3. The summed E-state index contributed by atoms with van der Waals surface area (Å²) < 4.78 is 5.29. The van der Waals surface area contributed by atoms with Crippen molar-refractivity contribution < 1.29 is 9.53 Å². The molecule has 1 aliphatic heterocycles. The maximum Gasteiger partial charge on any atom is 0.262 e. The van der Waals surface area contributed by atoms with Gasteiger partial charge in [0.15, 0.2) is 6.61 Å². The molecule has 1 N–H and O–H groups in total. The van der Waals surface area contributed by atoms with Crippen molar-refractivity contribution in [3.05, 3.63) is 23.8 Å². The molecule has 0 radical (unpaired) electrons. The normalized spacial score (nSPS) is 13.5. The Kier molecular flexibility index (Phi) is 3.80. The smallest absolute Gasteiger partial charge is 0.262 e. The van der Waals surface area contributed by atoms with Crippen molar-refractivity contribution in [3.8, 4) is 11.8 Å². The van der Waals surface area contributed by atoms with Crippen LogP contribution >= 0.6 is 0 Å². The lowest BCUT2D eigenvalue weighted by Gasteiger charge is -2.19. The first-order valence-corrected chi connectivity index (χ1v) is 5.80. The number of benzene rings is 1. The van der Waals surface area contributed by atoms with Crippen LogP contribution in [0, 0.1) is 11.3 Å². The highest BCUT2D eigenvalue weighted by Crippen LogP contribution is 2.28. The van der Waals surface area contributed by atoms with Crippen molar-refractivity contribution >= 4 is 11.6 Å². The fourth-order valence-corrected chi connectivity index (χ4v) is 1.81. The number of nitriles is 1. The molecule has 1 heterocycles. The van der Waals surface area contributed by atoms with Gasteiger partial charge in [0, 0.05) is 6.54 Å². The van der Waals surface area contributed by atoms with E-state index in [4.69, 9.17) is 10.00 Å². The first-order chi connectivity index (χ1) is 8.69. The van der Waals surface area contributed by atoms with E-state index in [9.17, 15) is 4.79 Å². The molecule has 1 aromatic rings. The van der Waals surface area contributed by atoms with Gasteiger partial charge in [-0.3, -0.25) is 9.69 Å². The SMILES string of the molecule is CN(CC#N)CCc1ccc2c(c1)NC(=O)CO2. The summed E-state index contributed by atoms with van der Waals surface area (Å²) in [4.78, 5) is 13.2. The molecule has 0 saturated carbocycles. The second-order valence-electron chi connectivity index (χ2n) is 4.31. The fraction of sp³-hybridized carbons (Fsp3) is 0.385. The lowest BCUT2D eigenvalue weighted by Crippen LogP contribution is -2.25. The Morgan fingerprint density at radius 3 is 3.17 bits per heavy atom. The molecule has 5 heteroatoms. The fourth-order valence-electron chi connectivity index (χ4n) is 1.81. The summed E-state index contributed by atoms with van der Waals surface area (Å²) in [6, 6.07) is 7.88. The van der Waals surface area contributed by atoms with E-state index >= 15 is 0 Å². The van der Waals surface area contributed by atoms with Crippen LogP contribution in [0.4, 0.5) is 5.69 Å². The molecule has 0 aliphatic carbocycles. The van der Waals surface area contributed by atoms with Crippen molar-refractivity contribution in [1.29, 1.82) is 5.26 Å². The van der Waals surface area contributed by atoms with Gasteiger partial charge in [-0.15, -0.1) is 0 Å². The summed E-state index contributed by atoms with van der Waals surface area (Å²) in [5.74, 6) is 0.588. The summed E-state index contributed by atoms with van der Waals surface area (Å²) in [7, 11) is 1.91. The Bertz CT molecular complexity index is 493. The molecule has 0 unspecified atom stereocenters. The number of hydrogen-bond donors (Lipinski definition) is 1. The number of carbonyl (C=O) groups is 1. The van der Waals surface area contributed by atoms with Crippen molar-refractivity contribution in [1.82, 2.24) is 4.90 Å². The average Bonchev–Trinajstić information content (AvgIpc) is 2.36. The van der Waals surface area contributed by atoms with E-state index in [0.717, 1.165) is 24.2 Å². The Morgan fingerprint density at radius 2 is 2.39 bits per heavy atom. The van der Waals surface area contributed by atoms with Crippen molar-refractivity contribution in [2.24, 2.45) is 0 Å². The average molecular weight is 245 g/mol. The molecule has 1 aromatic carbocycles. The Hall–Kier alpha value is -2.06. The first-order valence-electron chi connectivity index (χ1n) is 5.80. The number of anilines is 1. The Balaban J connectivity index is 2.00. The Morgan fingerprint density at radius 1 is 1.56 bits per heavy atom. The van der Waals surface area contributed by atoms with Crippen LogP contribution in [0.3, 0.4) is 0 Å². The number of carbonyl (C=O) groups excluding carboxylic acids is 1. The van der Waals surface area contributed by atoms with E-state index in [2.05, 4.69) is 11.4 Å². The van der Waals surface area contributed by atoms with Crippen molar-refractivity contribution in [2.45, 2.75) is 6.42 Å². The second kappa shape index (κ2) is 5.52. The molecule has 0 aromatic heterocycles. The largest absolute Gasteiger partial charge is 0.482 e. The molecule has 0 atom stereocenters. The molecule has 0 saturated heterocycles. The Labute approximate surface area is 106 Å². The summed E-state index contributed by atoms with van der Waals surface area (Å²) in [6.45, 7) is 1.31. The van der Waals surface area contributed by atoms with Crippen LogP contribution in [0.2, 0.25) is 0 Å². The number of likely N-dealkylation sites (N-methyl/N-ethyl adjacent to an activating group) is 1. The van der Waals surface area contributed by atoms with Gasteiger partial charge in [0.05, 0.1) is 18.3 Å². The molecule has 5 nitrogen and oxygen atoms in total. The molecule has 0 bridgehead atoms. The van der Waals surface area contributed by atoms with Gasteiger partial charge in [-0.05, 0) is 31.2 Å². The molecule has 1 aliphatic rings. The van der Waals surface area contributed by atoms with Crippen LogP contribution in [0.5, 0.6) is 5.75 Å². The zero-order valence-corrected chi connectivity index (χ0v) is 10.3. The van der Waals surface area contributed by atoms with Gasteiger partial charge in [0.2, 0.25) is 0 Å². The highest BCUT2D eigenvalue weighted by atomic mass is 16.5. The number of nitrogens with one attached hydrogen (secondary N) is 1. The summed E-state index contributed by atoms with van der Waals surface area (Å²) >= 11 is 0. The first kappa shape index (κ1) is 12.4. The predicted molar refractivity (Wildman–Crippen MR) is 67.4 cm³/mol. The van der Waals surface area contributed by atoms with E-state index in [1.165, 1.54) is 0 Å². The van der Waals surface area contributed by atoms with Crippen molar-refractivity contribution in [3.63, 3.8) is 0 Å². The predicted octanol–water partition coefficient (Wildman–Crippen LogP) is 1.02. The monoisotopic (exact) mass is 245 g/mol. The zero-order chi connectivity index (χ0) is 13.0. The lowest BCUT2D eigenvalue weighted by molar-refractivity contribution is -0.118. The van der Waals surface area contributed by atoms with Crippen LogP contribution in [-0.4, -0.2) is 37.6 Å². The molecule has 0 fully saturated rings. The van der Waals surface area contributed by atoms with Gasteiger partial charge in [-0.2, -0.15) is 5.26 Å². The maximum absolute atomic E-state index is 11.2. The summed E-state index contributed by atoms with van der Waals surface area (Å²) in [6.07, 6.45) is 0.835. The van der Waals surface area contributed by atoms with E-state index in [-0.39, 0.29) is 12.5 Å². The van der Waals surface area contributed by atoms with Crippen LogP contribution < -0.4 is 10.1 Å². The van der Waals surface area contributed by atoms with Crippen LogP contribution in [0.15, 0.2) is 18.2 Å². The van der Waals surface area contributed by atoms with Gasteiger partial charge in [-0.1, -0.05) is 6.07 Å². The highest BCUT2D eigenvalue weighted by Gasteiger charge is 2.15. The molecular formula is C13H15N3O2. The summed E-state index contributed by atoms with van der Waals surface area (Å²) in [5, 5.41) is 11.3. The molecule has 94 valence electrons. The van der Waals surface area contributed by atoms with Gasteiger partial charge >= 0.3 is 0 Å². The van der Waals surface area contributed by atoms with Crippen LogP contribution in [-0.2, 0) is 11.2 Å². The molecule has 2 rings (SSSR count). The highest BCUT2D eigenvalue weighted by molar-refractivity contribution is 5.95. The van der Waals surface area contributed by atoms with Crippen LogP contribution in [0.25, 0.3) is 0 Å². The molecule has 1 amide bonds. The van der Waals surface area contributed by atoms with E-state index < -0.39 is 0 Å². The van der Waals surface area contributed by atoms with Crippen LogP contribution in [0.1, 0.15) is 5.56 Å². The van der Waals surface area contributed by atoms with Gasteiger partial charge in [0.1, 0.15) is 5.75 Å². The quantitative estimate of drug-likeness (QED) is 0.804. The lowest BCUT2D eigenvalue weighted by atomic mass is 10.1. The topological polar surface area (TPSA) is 65.4 Å². The van der Waals surface area contributed by atoms with E-state index in [1.807, 2.05) is 30.1 Å². The minimum absolute atomic E-state index is 0.0806. The molecular weight excluding hydrogens is 230 g/mol. The third-order valence-electron chi connectivity index (χ3n) is 2.80. The number of nitrogens with zero attached hydrogens (tertiary/aromatic N) is 2. The standard InChI is InChI=1S/C13H15N3O2/c1-16(7-5-14)6-4-10-2-3-12-11(8-10)15-13(17)9-18-12/h2-3,8H,4,6-7,9H2,1H3,(H,15,17). The second-order valence-corrected chi connectivity index (χ2v) is 4.31. The number of ether oxygens (including phenoxy) is 1. The van der Waals surface area contributed by atoms with E-state index in [1.54, 1.807) is 0 Å². The number of fused-ring (bicyclic) bond motifs is 1.